The zero-order chi connectivity index (χ0) is 34.6. The highest BCUT2D eigenvalue weighted by atomic mass is 16.3. The molecule has 3 aromatic carbocycles. The molecular formula is C44H51N2O+. The molecule has 2 aliphatic carbocycles. The van der Waals surface area contributed by atoms with Crippen molar-refractivity contribution in [1.82, 2.24) is 0 Å². The first kappa shape index (κ1) is 30.4. The van der Waals surface area contributed by atoms with Crippen molar-refractivity contribution < 1.29 is 10.4 Å². The highest BCUT2D eigenvalue weighted by Crippen LogP contribution is 2.68. The third-order valence-corrected chi connectivity index (χ3v) is 13.7. The van der Waals surface area contributed by atoms with Crippen molar-refractivity contribution in [3.05, 3.63) is 88.6 Å². The van der Waals surface area contributed by atoms with Gasteiger partial charge >= 0.3 is 0 Å². The third kappa shape index (κ3) is 4.19. The summed E-state index contributed by atoms with van der Waals surface area (Å²) in [7, 11) is 2.07. The van der Waals surface area contributed by atoms with Gasteiger partial charge in [-0.15, -0.1) is 0 Å². The van der Waals surface area contributed by atoms with E-state index in [0.717, 1.165) is 75.6 Å². The van der Waals surface area contributed by atoms with Crippen LogP contribution in [0.1, 0.15) is 123 Å². The molecule has 0 bridgehead atoms. The molecule has 2 aliphatic rings. The number of hydrogen-bond donors (Lipinski definition) is 0. The molecule has 7 rings (SSSR count). The van der Waals surface area contributed by atoms with Crippen LogP contribution in [-0.4, -0.2) is 0 Å². The van der Waals surface area contributed by atoms with Gasteiger partial charge in [-0.3, -0.25) is 0 Å². The first-order valence-electron chi connectivity index (χ1n) is 18.0. The van der Waals surface area contributed by atoms with Gasteiger partial charge in [-0.2, -0.15) is 5.26 Å². The molecule has 1 fully saturated rings. The predicted octanol–water partition coefficient (Wildman–Crippen LogP) is 11.6. The van der Waals surface area contributed by atoms with Crippen molar-refractivity contribution in [2.45, 2.75) is 111 Å². The summed E-state index contributed by atoms with van der Waals surface area (Å²) in [4.78, 5) is 0. The number of pyridine rings is 1. The molecule has 0 saturated heterocycles. The van der Waals surface area contributed by atoms with E-state index < -0.39 is 5.89 Å². The number of furan rings is 1. The molecule has 2 heterocycles. The quantitative estimate of drug-likeness (QED) is 0.187. The molecular weight excluding hydrogens is 572 g/mol. The Morgan fingerprint density at radius 2 is 1.38 bits per heavy atom. The lowest BCUT2D eigenvalue weighted by atomic mass is 9.39. The first-order chi connectivity index (χ1) is 22.5. The highest BCUT2D eigenvalue weighted by molar-refractivity contribution is 6.14. The Hall–Kier alpha value is -3.90. The molecule has 0 atom stereocenters. The summed E-state index contributed by atoms with van der Waals surface area (Å²) in [5, 5.41) is 12.8. The fourth-order valence-corrected chi connectivity index (χ4v) is 9.30. The summed E-state index contributed by atoms with van der Waals surface area (Å²) in [5.74, 6) is -0.618. The minimum absolute atomic E-state index is 0.0873. The van der Waals surface area contributed by atoms with Gasteiger partial charge in [0.15, 0.2) is 6.20 Å². The maximum Gasteiger partial charge on any atom is 0.216 e. The zero-order valence-corrected chi connectivity index (χ0v) is 30.1. The molecule has 242 valence electrons. The van der Waals surface area contributed by atoms with E-state index in [1.165, 1.54) is 23.1 Å². The lowest BCUT2D eigenvalue weighted by Gasteiger charge is -2.65. The molecule has 0 spiro atoms. The maximum absolute atomic E-state index is 10.7. The van der Waals surface area contributed by atoms with E-state index in [1.807, 2.05) is 12.1 Å². The second-order valence-corrected chi connectivity index (χ2v) is 16.5. The molecule has 5 aromatic rings. The number of hydrogen-bond acceptors (Lipinski definition) is 2. The largest absolute Gasteiger partial charge is 0.454 e. The van der Waals surface area contributed by atoms with Crippen molar-refractivity contribution in [2.75, 3.05) is 0 Å². The second kappa shape index (κ2) is 10.6. The average Bonchev–Trinajstić information content (AvgIpc) is 3.42. The Bertz CT molecular complexity index is 2160. The summed E-state index contributed by atoms with van der Waals surface area (Å²) < 4.78 is 19.2. The van der Waals surface area contributed by atoms with Gasteiger partial charge in [0.1, 0.15) is 18.2 Å². The van der Waals surface area contributed by atoms with Gasteiger partial charge in [0.2, 0.25) is 5.69 Å². The second-order valence-electron chi connectivity index (χ2n) is 16.5. The first-order valence-corrected chi connectivity index (χ1v) is 17.5. The number of nitriles is 1. The Morgan fingerprint density at radius 1 is 0.766 bits per heavy atom. The number of benzene rings is 3. The van der Waals surface area contributed by atoms with E-state index >= 15 is 0 Å². The van der Waals surface area contributed by atoms with E-state index in [1.54, 1.807) is 0 Å². The molecule has 1 saturated carbocycles. The standard InChI is InChI=1S/C44H51N2O/c1-27-19-21-31-32-22-20-29(26-45)36(40(32)47-39(31)35(27)34-18-14-15-25-46(34)10)33-24-23-30(28-16-12-11-13-17-28)37-38(33)42(4,5)44(8,9)43(6,7)41(37,2)3/h14-15,18-25,28H,11-13,16-17H2,1-10H3/q+1/i28D. The van der Waals surface area contributed by atoms with Crippen molar-refractivity contribution >= 4 is 21.9 Å². The van der Waals surface area contributed by atoms with Crippen molar-refractivity contribution in [2.24, 2.45) is 17.9 Å². The van der Waals surface area contributed by atoms with Crippen LogP contribution in [0, 0.1) is 29.1 Å². The Balaban J connectivity index is 1.64. The molecule has 0 aliphatic heterocycles. The van der Waals surface area contributed by atoms with Crippen molar-refractivity contribution in [3.8, 4) is 28.5 Å². The Kier molecular flexibility index (Phi) is 6.83. The highest BCUT2D eigenvalue weighted by Gasteiger charge is 2.62. The van der Waals surface area contributed by atoms with Crippen LogP contribution in [0.3, 0.4) is 0 Å². The molecule has 0 radical (unpaired) electrons. The van der Waals surface area contributed by atoms with E-state index in [4.69, 9.17) is 4.42 Å². The summed E-state index contributed by atoms with van der Waals surface area (Å²) in [6.07, 6.45) is 7.24. The van der Waals surface area contributed by atoms with Crippen molar-refractivity contribution in [3.63, 3.8) is 0 Å². The van der Waals surface area contributed by atoms with E-state index in [-0.39, 0.29) is 21.7 Å². The Morgan fingerprint density at radius 3 is 2.02 bits per heavy atom. The molecule has 47 heavy (non-hydrogen) atoms. The Labute approximate surface area is 283 Å². The number of fused-ring (bicyclic) bond motifs is 4. The van der Waals surface area contributed by atoms with Crippen molar-refractivity contribution in [1.29, 1.82) is 5.26 Å². The van der Waals surface area contributed by atoms with Crippen LogP contribution in [0.25, 0.3) is 44.3 Å². The van der Waals surface area contributed by atoms with Gasteiger partial charge in [-0.1, -0.05) is 98.9 Å². The van der Waals surface area contributed by atoms with E-state index in [2.05, 4.69) is 129 Å². The van der Waals surface area contributed by atoms with E-state index in [0.29, 0.717) is 5.56 Å². The van der Waals surface area contributed by atoms with Gasteiger partial charge in [0.05, 0.1) is 17.2 Å². The zero-order valence-electron chi connectivity index (χ0n) is 31.1. The molecule has 3 heteroatoms. The van der Waals surface area contributed by atoms with Crippen LogP contribution in [0.4, 0.5) is 0 Å². The predicted molar refractivity (Wildman–Crippen MR) is 195 cm³/mol. The molecule has 3 nitrogen and oxygen atoms in total. The summed E-state index contributed by atoms with van der Waals surface area (Å²) >= 11 is 0. The van der Waals surface area contributed by atoms with E-state index in [9.17, 15) is 6.63 Å². The lowest BCUT2D eigenvalue weighted by Crippen LogP contribution is -2.60. The molecule has 0 unspecified atom stereocenters. The topological polar surface area (TPSA) is 40.8 Å². The summed E-state index contributed by atoms with van der Waals surface area (Å²) in [5.41, 5.74) is 10.5. The van der Waals surface area contributed by atoms with Gasteiger partial charge < -0.3 is 4.42 Å². The smallest absolute Gasteiger partial charge is 0.216 e. The van der Waals surface area contributed by atoms with Gasteiger partial charge in [0.25, 0.3) is 0 Å². The third-order valence-electron chi connectivity index (χ3n) is 13.7. The van der Waals surface area contributed by atoms with Crippen LogP contribution in [0.2, 0.25) is 0 Å². The van der Waals surface area contributed by atoms with Gasteiger partial charge in [0, 0.05) is 29.8 Å². The number of aryl methyl sites for hydroxylation is 2. The number of nitrogens with zero attached hydrogens (tertiary/aromatic N) is 2. The minimum atomic E-state index is -0.618. The summed E-state index contributed by atoms with van der Waals surface area (Å²) in [6, 6.07) is 21.7. The number of aromatic nitrogens is 1. The lowest BCUT2D eigenvalue weighted by molar-refractivity contribution is -0.660. The van der Waals surface area contributed by atoms with Crippen LogP contribution in [-0.2, 0) is 17.9 Å². The van der Waals surface area contributed by atoms with Gasteiger partial charge in [-0.05, 0) is 93.3 Å². The van der Waals surface area contributed by atoms with Crippen LogP contribution in [0.15, 0.2) is 65.2 Å². The SMILES string of the molecule is [2H]C1(c2ccc(-c3c(C#N)ccc4c3oc3c(-c5cccc[n+]5C)c(C)ccc34)c3c2C(C)(C)C(C)(C)C(C)(C)C3(C)C)CCCCC1. The number of rotatable bonds is 3. The molecule has 2 aromatic heterocycles. The monoisotopic (exact) mass is 624 g/mol. The van der Waals surface area contributed by atoms with Gasteiger partial charge in [-0.25, -0.2) is 4.57 Å². The van der Waals surface area contributed by atoms with Crippen LogP contribution in [0.5, 0.6) is 0 Å². The van der Waals surface area contributed by atoms with Crippen LogP contribution < -0.4 is 4.57 Å². The fourth-order valence-electron chi connectivity index (χ4n) is 9.30. The minimum Gasteiger partial charge on any atom is -0.454 e. The maximum atomic E-state index is 10.7. The normalized spacial score (nSPS) is 20.8. The summed E-state index contributed by atoms with van der Waals surface area (Å²) in [6.45, 7) is 21.5. The fraction of sp³-hybridized carbons (Fsp3) is 0.455. The average molecular weight is 625 g/mol. The molecule has 0 N–H and O–H groups in total. The molecule has 0 amide bonds. The van der Waals surface area contributed by atoms with Crippen LogP contribution >= 0.6 is 0 Å².